The third-order valence-corrected chi connectivity index (χ3v) is 21.8. The predicted molar refractivity (Wildman–Crippen MR) is 214 cm³/mol. The van der Waals surface area contributed by atoms with Gasteiger partial charge in [-0.05, 0) is 100 Å². The molecule has 12 heteroatoms. The first-order valence-corrected chi connectivity index (χ1v) is 25.0. The van der Waals surface area contributed by atoms with Gasteiger partial charge in [-0.2, -0.15) is 5.10 Å². The van der Waals surface area contributed by atoms with Crippen LogP contribution in [-0.2, 0) is 32.5 Å². The van der Waals surface area contributed by atoms with Gasteiger partial charge in [0.05, 0.1) is 35.4 Å². The van der Waals surface area contributed by atoms with Crippen molar-refractivity contribution in [3.05, 3.63) is 72.2 Å². The fourth-order valence-corrected chi connectivity index (χ4v) is 8.72. The van der Waals surface area contributed by atoms with Crippen LogP contribution >= 0.6 is 0 Å². The Balaban J connectivity index is 1.44. The van der Waals surface area contributed by atoms with Crippen molar-refractivity contribution in [2.75, 3.05) is 0 Å². The van der Waals surface area contributed by atoms with Crippen molar-refractivity contribution in [3.8, 4) is 17.1 Å². The lowest BCUT2D eigenvalue weighted by Crippen LogP contribution is -2.60. The molecule has 2 atom stereocenters. The van der Waals surface area contributed by atoms with Gasteiger partial charge in [-0.1, -0.05) is 65.8 Å². The van der Waals surface area contributed by atoms with Gasteiger partial charge in [0.25, 0.3) is 0 Å². The number of aromatic nitrogens is 4. The lowest BCUT2D eigenvalue weighted by Gasteiger charge is -2.49. The van der Waals surface area contributed by atoms with Crippen LogP contribution < -0.4 is 4.72 Å². The molecule has 5 rings (SSSR count). The Morgan fingerprint density at radius 3 is 2.16 bits per heavy atom. The van der Waals surface area contributed by atoms with E-state index in [1.165, 1.54) is 0 Å². The summed E-state index contributed by atoms with van der Waals surface area (Å²) in [5.41, 5.74) is 2.15. The molecule has 0 radical (unpaired) electrons. The summed E-state index contributed by atoms with van der Waals surface area (Å²) in [5, 5.41) is 18.3. The van der Waals surface area contributed by atoms with Crippen LogP contribution in [0.4, 0.5) is 0 Å². The summed E-state index contributed by atoms with van der Waals surface area (Å²) in [6.07, 6.45) is 3.19. The molecule has 51 heavy (non-hydrogen) atoms. The Labute approximate surface area is 310 Å². The first kappa shape index (κ1) is 39.8. The van der Waals surface area contributed by atoms with Gasteiger partial charge < -0.3 is 18.5 Å². The summed E-state index contributed by atoms with van der Waals surface area (Å²) in [4.78, 5) is 9.96. The molecule has 1 aromatic carbocycles. The smallest absolute Gasteiger partial charge is 0.203 e. The van der Waals surface area contributed by atoms with E-state index in [4.69, 9.17) is 23.9 Å². The molecule has 3 aromatic heterocycles. The monoisotopic (exact) mass is 749 g/mol. The van der Waals surface area contributed by atoms with Gasteiger partial charge in [0.1, 0.15) is 4.75 Å². The van der Waals surface area contributed by atoms with Crippen LogP contribution in [0.2, 0.25) is 36.3 Å². The summed E-state index contributed by atoms with van der Waals surface area (Å²) in [6.45, 7) is 28.6. The molecule has 1 aliphatic rings. The van der Waals surface area contributed by atoms with Crippen molar-refractivity contribution in [1.29, 1.82) is 0 Å². The zero-order valence-electron chi connectivity index (χ0n) is 32.9. The molecule has 1 saturated carbocycles. The van der Waals surface area contributed by atoms with Crippen molar-refractivity contribution in [2.24, 2.45) is 5.92 Å². The molecule has 1 aliphatic carbocycles. The number of benzene rings is 1. The Bertz CT molecular complexity index is 1840. The van der Waals surface area contributed by atoms with Crippen LogP contribution in [-0.4, -0.2) is 56.9 Å². The standard InChI is InChI=1S/C39H59N5O4SSi2/c1-36(2,3)49(46)43-39(45,29-23-31(24-29)48-51(12,13)38(7,8)9)34-18-15-17-32(42-34)27-20-21-28-25-40-44(33(28)22-27)35-19-14-16-30(41-35)26-47-50(10,11)37(4,5)6/h14-22,25,29,31,43,45H,23-24,26H2,1-13H3/t29?,31?,39-,49?/m0/s1. The molecular weight excluding hydrogens is 691 g/mol. The highest BCUT2D eigenvalue weighted by atomic mass is 32.2. The molecule has 2 N–H and O–H groups in total. The minimum absolute atomic E-state index is 0.0453. The van der Waals surface area contributed by atoms with Crippen LogP contribution in [0.15, 0.2) is 60.8 Å². The van der Waals surface area contributed by atoms with Gasteiger partial charge in [0, 0.05) is 34.3 Å². The van der Waals surface area contributed by atoms with Crippen molar-refractivity contribution < 1.29 is 18.5 Å². The summed E-state index contributed by atoms with van der Waals surface area (Å²) in [7, 11) is -3.92. The van der Waals surface area contributed by atoms with Gasteiger partial charge in [0.2, 0.25) is 5.72 Å². The van der Waals surface area contributed by atoms with E-state index in [1.54, 1.807) is 0 Å². The van der Waals surface area contributed by atoms with Crippen molar-refractivity contribution >= 4 is 38.9 Å². The van der Waals surface area contributed by atoms with E-state index in [-0.39, 0.29) is 22.1 Å². The summed E-state index contributed by atoms with van der Waals surface area (Å²) >= 11 is -1.54. The number of aliphatic hydroxyl groups is 1. The van der Waals surface area contributed by atoms with Crippen molar-refractivity contribution in [2.45, 2.75) is 135 Å². The van der Waals surface area contributed by atoms with Gasteiger partial charge in [0.15, 0.2) is 22.5 Å². The minimum Gasteiger partial charge on any atom is -0.598 e. The van der Waals surface area contributed by atoms with Gasteiger partial charge in [-0.3, -0.25) is 0 Å². The van der Waals surface area contributed by atoms with E-state index in [2.05, 4.69) is 78.5 Å². The number of hydrogen-bond donors (Lipinski definition) is 2. The lowest BCUT2D eigenvalue weighted by molar-refractivity contribution is -0.109. The van der Waals surface area contributed by atoms with E-state index < -0.39 is 38.5 Å². The Morgan fingerprint density at radius 1 is 0.882 bits per heavy atom. The third kappa shape index (κ3) is 8.54. The Kier molecular flexibility index (Phi) is 11.0. The zero-order valence-corrected chi connectivity index (χ0v) is 35.7. The van der Waals surface area contributed by atoms with Crippen LogP contribution in [0, 0.1) is 5.92 Å². The molecule has 4 aromatic rings. The highest BCUT2D eigenvalue weighted by Crippen LogP contribution is 2.47. The quantitative estimate of drug-likeness (QED) is 0.0887. The first-order chi connectivity index (χ1) is 23.4. The number of nitrogens with zero attached hydrogens (tertiary/aromatic N) is 4. The predicted octanol–water partition coefficient (Wildman–Crippen LogP) is 9.00. The number of nitrogens with one attached hydrogen (secondary N) is 1. The second-order valence-electron chi connectivity index (χ2n) is 18.2. The van der Waals surface area contributed by atoms with Crippen molar-refractivity contribution in [1.82, 2.24) is 24.5 Å². The van der Waals surface area contributed by atoms with E-state index in [0.717, 1.165) is 22.2 Å². The number of fused-ring (bicyclic) bond motifs is 1. The molecule has 0 amide bonds. The second-order valence-corrected chi connectivity index (χ2v) is 29.7. The molecule has 278 valence electrons. The largest absolute Gasteiger partial charge is 0.598 e. The average Bonchev–Trinajstić information content (AvgIpc) is 3.43. The number of rotatable bonds is 11. The SMILES string of the molecule is CC(C)(C)[S+]([O-])N[C@@](O)(c1cccc(-c2ccc3cnn(-c4cccc(CO[Si](C)(C)C(C)(C)C)n4)c3c2)n1)C1CC(O[Si](C)(C)C(C)(C)C)C1. The second kappa shape index (κ2) is 14.1. The van der Waals surface area contributed by atoms with Gasteiger partial charge in [-0.15, -0.1) is 4.72 Å². The number of pyridine rings is 2. The van der Waals surface area contributed by atoms with Crippen LogP contribution in [0.5, 0.6) is 0 Å². The Morgan fingerprint density at radius 2 is 1.53 bits per heavy atom. The van der Waals surface area contributed by atoms with E-state index >= 15 is 0 Å². The maximum absolute atomic E-state index is 13.5. The topological polar surface area (TPSA) is 117 Å². The highest BCUT2D eigenvalue weighted by Gasteiger charge is 2.53. The fraction of sp³-hybridized carbons (Fsp3) is 0.564. The normalized spacial score (nSPS) is 19.5. The zero-order chi connectivity index (χ0) is 37.8. The minimum atomic E-state index is -1.98. The van der Waals surface area contributed by atoms with E-state index in [9.17, 15) is 9.66 Å². The molecule has 0 spiro atoms. The number of hydrogen-bond acceptors (Lipinski definition) is 8. The first-order valence-electron chi connectivity index (χ1n) is 18.1. The van der Waals surface area contributed by atoms with Gasteiger partial charge >= 0.3 is 0 Å². The van der Waals surface area contributed by atoms with Gasteiger partial charge in [-0.25, -0.2) is 14.6 Å². The average molecular weight is 750 g/mol. The lowest BCUT2D eigenvalue weighted by atomic mass is 9.74. The van der Waals surface area contributed by atoms with Crippen LogP contribution in [0.1, 0.15) is 86.5 Å². The molecule has 1 fully saturated rings. The maximum atomic E-state index is 13.5. The molecule has 0 aliphatic heterocycles. The molecule has 0 bridgehead atoms. The maximum Gasteiger partial charge on any atom is 0.203 e. The highest BCUT2D eigenvalue weighted by molar-refractivity contribution is 7.90. The summed E-state index contributed by atoms with van der Waals surface area (Å²) in [5.74, 6) is 0.493. The molecule has 0 saturated heterocycles. The van der Waals surface area contributed by atoms with Crippen molar-refractivity contribution in [3.63, 3.8) is 0 Å². The van der Waals surface area contributed by atoms with Crippen LogP contribution in [0.25, 0.3) is 28.0 Å². The molecule has 9 nitrogen and oxygen atoms in total. The molecule has 3 heterocycles. The molecule has 1 unspecified atom stereocenters. The van der Waals surface area contributed by atoms with E-state index in [1.807, 2.05) is 80.2 Å². The third-order valence-electron chi connectivity index (χ3n) is 11.2. The van der Waals surface area contributed by atoms with Crippen LogP contribution in [0.3, 0.4) is 0 Å². The summed E-state index contributed by atoms with van der Waals surface area (Å²) < 4.78 is 31.0. The fourth-order valence-electron chi connectivity index (χ4n) is 5.54. The molecular formula is C39H59N5O4SSi2. The summed E-state index contributed by atoms with van der Waals surface area (Å²) in [6, 6.07) is 17.7. The van der Waals surface area contributed by atoms with E-state index in [0.29, 0.717) is 36.7 Å². The Hall–Kier alpha value is -2.43.